The molecule has 2 aromatic carbocycles. The van der Waals surface area contributed by atoms with Crippen LogP contribution in [0.25, 0.3) is 0 Å². The predicted molar refractivity (Wildman–Crippen MR) is 121 cm³/mol. The number of guanidine groups is 1. The van der Waals surface area contributed by atoms with Gasteiger partial charge in [0.05, 0.1) is 4.90 Å². The van der Waals surface area contributed by atoms with E-state index in [4.69, 9.17) is 4.74 Å². The van der Waals surface area contributed by atoms with Crippen molar-refractivity contribution in [1.29, 1.82) is 0 Å². The van der Waals surface area contributed by atoms with Gasteiger partial charge in [-0.3, -0.25) is 4.99 Å². The molecule has 0 unspecified atom stereocenters. The van der Waals surface area contributed by atoms with Crippen LogP contribution in [-0.2, 0) is 26.5 Å². The third-order valence-electron chi connectivity index (χ3n) is 5.75. The highest BCUT2D eigenvalue weighted by atomic mass is 32.2. The lowest BCUT2D eigenvalue weighted by Gasteiger charge is -2.38. The van der Waals surface area contributed by atoms with Crippen LogP contribution in [0.15, 0.2) is 58.4 Å². The number of aliphatic imine (C=N–C) groups is 1. The summed E-state index contributed by atoms with van der Waals surface area (Å²) in [6.45, 7) is 4.67. The second kappa shape index (κ2) is 9.62. The number of hydrogen-bond donors (Lipinski definition) is 2. The lowest BCUT2D eigenvalue weighted by molar-refractivity contribution is 0.0514. The number of hydrogen-bond acceptors (Lipinski definition) is 4. The lowest BCUT2D eigenvalue weighted by Crippen LogP contribution is -2.47. The third-order valence-corrected chi connectivity index (χ3v) is 7.01. The highest BCUT2D eigenvalue weighted by molar-refractivity contribution is 7.90. The van der Waals surface area contributed by atoms with Gasteiger partial charge in [-0.05, 0) is 42.5 Å². The Morgan fingerprint density at radius 3 is 2.40 bits per heavy atom. The summed E-state index contributed by atoms with van der Waals surface area (Å²) < 4.78 is 29.2. The topological polar surface area (TPSA) is 79.8 Å². The van der Waals surface area contributed by atoms with Crippen molar-refractivity contribution < 1.29 is 13.2 Å². The molecule has 0 radical (unpaired) electrons. The summed E-state index contributed by atoms with van der Waals surface area (Å²) >= 11 is 0. The summed E-state index contributed by atoms with van der Waals surface area (Å²) in [5.41, 5.74) is 3.10. The van der Waals surface area contributed by atoms with E-state index >= 15 is 0 Å². The van der Waals surface area contributed by atoms with E-state index in [-0.39, 0.29) is 5.41 Å². The molecule has 7 heteroatoms. The van der Waals surface area contributed by atoms with Gasteiger partial charge >= 0.3 is 0 Å². The molecule has 0 saturated carbocycles. The smallest absolute Gasteiger partial charge is 0.191 e. The first-order valence-corrected chi connectivity index (χ1v) is 12.1. The third kappa shape index (κ3) is 5.40. The molecule has 0 atom stereocenters. The Balaban J connectivity index is 1.65. The molecule has 0 amide bonds. The van der Waals surface area contributed by atoms with Crippen LogP contribution in [0, 0.1) is 6.92 Å². The number of nitrogens with one attached hydrogen (secondary N) is 2. The average Bonchev–Trinajstić information content (AvgIpc) is 2.74. The molecule has 0 spiro atoms. The molecule has 2 N–H and O–H groups in total. The van der Waals surface area contributed by atoms with Gasteiger partial charge < -0.3 is 15.4 Å². The van der Waals surface area contributed by atoms with Gasteiger partial charge in [0, 0.05) is 45.0 Å². The van der Waals surface area contributed by atoms with Gasteiger partial charge in [0.25, 0.3) is 0 Å². The minimum atomic E-state index is -3.21. The van der Waals surface area contributed by atoms with Gasteiger partial charge in [-0.1, -0.05) is 42.5 Å². The fraction of sp³-hybridized carbons (Fsp3) is 0.435. The van der Waals surface area contributed by atoms with E-state index < -0.39 is 9.84 Å². The highest BCUT2D eigenvalue weighted by Gasteiger charge is 2.34. The minimum absolute atomic E-state index is 0.0187. The molecule has 162 valence electrons. The zero-order chi connectivity index (χ0) is 21.6. The molecule has 3 rings (SSSR count). The SMILES string of the molecule is CN=C(NCc1ccc(S(C)(=O)=O)c(C)c1)NCC1(c2ccccc2)CCOCC1. The van der Waals surface area contributed by atoms with Crippen molar-refractivity contribution in [2.45, 2.75) is 36.6 Å². The van der Waals surface area contributed by atoms with Crippen molar-refractivity contribution in [2.75, 3.05) is 33.1 Å². The molecule has 0 bridgehead atoms. The van der Waals surface area contributed by atoms with Gasteiger partial charge in [0.2, 0.25) is 0 Å². The van der Waals surface area contributed by atoms with Crippen molar-refractivity contribution in [1.82, 2.24) is 10.6 Å². The zero-order valence-electron chi connectivity index (χ0n) is 17.9. The molecule has 0 aromatic heterocycles. The largest absolute Gasteiger partial charge is 0.381 e. The van der Waals surface area contributed by atoms with Gasteiger partial charge in [-0.25, -0.2) is 8.42 Å². The van der Waals surface area contributed by atoms with E-state index in [1.54, 1.807) is 13.1 Å². The normalized spacial score (nSPS) is 16.8. The molecule has 1 aliphatic heterocycles. The van der Waals surface area contributed by atoms with E-state index in [0.717, 1.165) is 49.7 Å². The molecule has 1 heterocycles. The first kappa shape index (κ1) is 22.3. The Kier molecular flexibility index (Phi) is 7.15. The average molecular weight is 430 g/mol. The van der Waals surface area contributed by atoms with Crippen LogP contribution < -0.4 is 10.6 Å². The predicted octanol–water partition coefficient (Wildman–Crippen LogP) is 2.81. The molecular weight excluding hydrogens is 398 g/mol. The van der Waals surface area contributed by atoms with Gasteiger partial charge in [0.1, 0.15) is 0 Å². The summed E-state index contributed by atoms with van der Waals surface area (Å²) in [5.74, 6) is 0.724. The first-order chi connectivity index (χ1) is 14.3. The Hall–Kier alpha value is -2.38. The van der Waals surface area contributed by atoms with E-state index in [1.807, 2.05) is 25.1 Å². The van der Waals surface area contributed by atoms with Crippen molar-refractivity contribution in [2.24, 2.45) is 4.99 Å². The molecular formula is C23H31N3O3S. The van der Waals surface area contributed by atoms with Crippen molar-refractivity contribution in [3.63, 3.8) is 0 Å². The van der Waals surface area contributed by atoms with Crippen LogP contribution in [0.2, 0.25) is 0 Å². The number of rotatable bonds is 6. The standard InChI is InChI=1S/C23H31N3O3S/c1-18-15-19(9-10-21(18)30(3,27)28)16-25-22(24-2)26-17-23(11-13-29-14-12-23)20-7-5-4-6-8-20/h4-10,15H,11-14,16-17H2,1-3H3,(H2,24,25,26). The molecule has 1 aliphatic rings. The van der Waals surface area contributed by atoms with Crippen LogP contribution >= 0.6 is 0 Å². The molecule has 6 nitrogen and oxygen atoms in total. The van der Waals surface area contributed by atoms with Crippen LogP contribution in [0.4, 0.5) is 0 Å². The Labute approximate surface area is 179 Å². The minimum Gasteiger partial charge on any atom is -0.381 e. The summed E-state index contributed by atoms with van der Waals surface area (Å²) in [7, 11) is -1.45. The van der Waals surface area contributed by atoms with Crippen LogP contribution in [0.1, 0.15) is 29.5 Å². The van der Waals surface area contributed by atoms with Crippen LogP contribution in [0.5, 0.6) is 0 Å². The van der Waals surface area contributed by atoms with Crippen LogP contribution in [-0.4, -0.2) is 47.4 Å². The second-order valence-corrected chi connectivity index (χ2v) is 9.89. The number of aryl methyl sites for hydroxylation is 1. The van der Waals surface area contributed by atoms with Gasteiger partial charge in [0.15, 0.2) is 15.8 Å². The Morgan fingerprint density at radius 1 is 1.10 bits per heavy atom. The molecule has 2 aromatic rings. The summed E-state index contributed by atoms with van der Waals surface area (Å²) in [6, 6.07) is 16.0. The Morgan fingerprint density at radius 2 is 1.80 bits per heavy atom. The van der Waals surface area contributed by atoms with E-state index in [9.17, 15) is 8.42 Å². The molecule has 30 heavy (non-hydrogen) atoms. The Bertz CT molecular complexity index is 982. The van der Waals surface area contributed by atoms with Crippen molar-refractivity contribution in [3.05, 3.63) is 65.2 Å². The maximum absolute atomic E-state index is 11.8. The van der Waals surface area contributed by atoms with Crippen LogP contribution in [0.3, 0.4) is 0 Å². The first-order valence-electron chi connectivity index (χ1n) is 10.2. The summed E-state index contributed by atoms with van der Waals surface area (Å²) in [5, 5.41) is 6.82. The van der Waals surface area contributed by atoms with E-state index in [0.29, 0.717) is 11.4 Å². The monoisotopic (exact) mass is 429 g/mol. The maximum atomic E-state index is 11.8. The van der Waals surface area contributed by atoms with Crippen molar-refractivity contribution in [3.8, 4) is 0 Å². The summed E-state index contributed by atoms with van der Waals surface area (Å²) in [4.78, 5) is 4.73. The number of sulfone groups is 1. The van der Waals surface area contributed by atoms with Gasteiger partial charge in [-0.15, -0.1) is 0 Å². The zero-order valence-corrected chi connectivity index (χ0v) is 18.8. The molecule has 0 aliphatic carbocycles. The second-order valence-electron chi connectivity index (χ2n) is 7.91. The summed E-state index contributed by atoms with van der Waals surface area (Å²) in [6.07, 6.45) is 3.16. The van der Waals surface area contributed by atoms with Crippen molar-refractivity contribution >= 4 is 15.8 Å². The fourth-order valence-electron chi connectivity index (χ4n) is 4.02. The maximum Gasteiger partial charge on any atom is 0.191 e. The highest BCUT2D eigenvalue weighted by Crippen LogP contribution is 2.34. The van der Waals surface area contributed by atoms with E-state index in [2.05, 4.69) is 39.9 Å². The number of nitrogens with zero attached hydrogens (tertiary/aromatic N) is 1. The molecule has 1 fully saturated rings. The van der Waals surface area contributed by atoms with Gasteiger partial charge in [-0.2, -0.15) is 0 Å². The number of ether oxygens (including phenoxy) is 1. The van der Waals surface area contributed by atoms with E-state index in [1.165, 1.54) is 11.8 Å². The fourth-order valence-corrected chi connectivity index (χ4v) is 4.98. The number of benzene rings is 2. The lowest BCUT2D eigenvalue weighted by atomic mass is 9.74. The quantitative estimate of drug-likeness (QED) is 0.545. The molecule has 1 saturated heterocycles.